The molecule has 0 saturated carbocycles. The number of ether oxygens (including phenoxy) is 1. The number of nitrogens with zero attached hydrogens (tertiary/aromatic N) is 4. The Morgan fingerprint density at radius 3 is 2.46 bits per heavy atom. The maximum absolute atomic E-state index is 11.1. The van der Waals surface area contributed by atoms with Gasteiger partial charge in [-0.25, -0.2) is 15.0 Å². The molecule has 7 heteroatoms. The molecule has 1 N–H and O–H groups in total. The molecule has 1 aromatic carbocycles. The summed E-state index contributed by atoms with van der Waals surface area (Å²) in [7, 11) is 1.58. The second-order valence-electron chi connectivity index (χ2n) is 5.15. The minimum atomic E-state index is -0.940. The van der Waals surface area contributed by atoms with E-state index >= 15 is 0 Å². The van der Waals surface area contributed by atoms with Gasteiger partial charge in [0.2, 0.25) is 0 Å². The summed E-state index contributed by atoms with van der Waals surface area (Å²) in [6.45, 7) is 0.134. The molecule has 2 aromatic heterocycles. The maximum atomic E-state index is 11.1. The van der Waals surface area contributed by atoms with E-state index in [0.29, 0.717) is 29.4 Å². The van der Waals surface area contributed by atoms with Crippen molar-refractivity contribution in [1.82, 2.24) is 19.5 Å². The van der Waals surface area contributed by atoms with Crippen molar-refractivity contribution in [2.75, 3.05) is 7.11 Å². The number of aromatic nitrogens is 4. The molecule has 3 rings (SSSR count). The molecular weight excluding hydrogens is 308 g/mol. The maximum Gasteiger partial charge on any atom is 0.323 e. The lowest BCUT2D eigenvalue weighted by Gasteiger charge is -2.09. The van der Waals surface area contributed by atoms with Crippen molar-refractivity contribution in [1.29, 1.82) is 0 Å². The molecule has 2 heterocycles. The molecule has 7 nitrogen and oxygen atoms in total. The van der Waals surface area contributed by atoms with E-state index < -0.39 is 5.97 Å². The Kier molecular flexibility index (Phi) is 4.62. The number of imidazole rings is 1. The molecule has 0 aliphatic carbocycles. The van der Waals surface area contributed by atoms with E-state index in [1.165, 1.54) is 6.33 Å². The van der Waals surface area contributed by atoms with Crippen molar-refractivity contribution >= 4 is 5.97 Å². The van der Waals surface area contributed by atoms with E-state index in [1.54, 1.807) is 24.1 Å². The lowest BCUT2D eigenvalue weighted by molar-refractivity contribution is -0.137. The van der Waals surface area contributed by atoms with Gasteiger partial charge in [0, 0.05) is 30.6 Å². The van der Waals surface area contributed by atoms with Crippen LogP contribution >= 0.6 is 0 Å². The minimum Gasteiger partial charge on any atom is -0.480 e. The molecule has 3 aromatic rings. The Morgan fingerprint density at radius 2 is 1.83 bits per heavy atom. The Bertz CT molecular complexity index is 829. The highest BCUT2D eigenvalue weighted by Gasteiger charge is 2.17. The van der Waals surface area contributed by atoms with Crippen molar-refractivity contribution < 1.29 is 14.6 Å². The summed E-state index contributed by atoms with van der Waals surface area (Å²) in [5.41, 5.74) is 2.97. The van der Waals surface area contributed by atoms with E-state index in [1.807, 2.05) is 30.3 Å². The molecule has 0 atom stereocenters. The van der Waals surface area contributed by atoms with Crippen LogP contribution in [0, 0.1) is 0 Å². The fourth-order valence-corrected chi connectivity index (χ4v) is 2.44. The zero-order chi connectivity index (χ0) is 16.9. The Labute approximate surface area is 138 Å². The number of carboxylic acids is 1. The normalized spacial score (nSPS) is 10.7. The molecule has 0 fully saturated rings. The SMILES string of the molecule is COCc1ncc(-c2c(-c3ccccc3)ncn2CC(=O)O)cn1. The van der Waals surface area contributed by atoms with Crippen LogP contribution in [0.5, 0.6) is 0 Å². The van der Waals surface area contributed by atoms with Crippen LogP contribution in [0.1, 0.15) is 5.82 Å². The number of aliphatic carboxylic acids is 1. The van der Waals surface area contributed by atoms with Crippen LogP contribution in [0.25, 0.3) is 22.5 Å². The highest BCUT2D eigenvalue weighted by atomic mass is 16.5. The molecule has 0 aliphatic heterocycles. The Morgan fingerprint density at radius 1 is 1.12 bits per heavy atom. The monoisotopic (exact) mass is 324 g/mol. The fourth-order valence-electron chi connectivity index (χ4n) is 2.44. The van der Waals surface area contributed by atoms with E-state index in [9.17, 15) is 4.79 Å². The fraction of sp³-hybridized carbons (Fsp3) is 0.176. The van der Waals surface area contributed by atoms with Crippen molar-refractivity contribution in [2.24, 2.45) is 0 Å². The van der Waals surface area contributed by atoms with Crippen molar-refractivity contribution in [3.8, 4) is 22.5 Å². The second kappa shape index (κ2) is 7.01. The Hall–Kier alpha value is -3.06. The van der Waals surface area contributed by atoms with Crippen LogP contribution < -0.4 is 0 Å². The molecule has 0 unspecified atom stereocenters. The van der Waals surface area contributed by atoms with Crippen LogP contribution in [0.15, 0.2) is 49.1 Å². The first-order chi connectivity index (χ1) is 11.7. The predicted molar refractivity (Wildman–Crippen MR) is 87.0 cm³/mol. The summed E-state index contributed by atoms with van der Waals surface area (Å²) in [6, 6.07) is 9.59. The predicted octanol–water partition coefficient (Wildman–Crippen LogP) is 2.24. The van der Waals surface area contributed by atoms with Gasteiger partial charge in [0.15, 0.2) is 5.82 Å². The van der Waals surface area contributed by atoms with Gasteiger partial charge in [-0.05, 0) is 0 Å². The van der Waals surface area contributed by atoms with Gasteiger partial charge < -0.3 is 14.4 Å². The van der Waals surface area contributed by atoms with Gasteiger partial charge in [0.1, 0.15) is 13.2 Å². The summed E-state index contributed by atoms with van der Waals surface area (Å²) in [6.07, 6.45) is 4.83. The van der Waals surface area contributed by atoms with Gasteiger partial charge in [-0.3, -0.25) is 4.79 Å². The number of methoxy groups -OCH3 is 1. The second-order valence-corrected chi connectivity index (χ2v) is 5.15. The summed E-state index contributed by atoms with van der Waals surface area (Å²) < 4.78 is 6.59. The standard InChI is InChI=1S/C17H16N4O3/c1-24-10-14-18-7-13(8-19-14)17-16(12-5-3-2-4-6-12)20-11-21(17)9-15(22)23/h2-8,11H,9-10H2,1H3,(H,22,23). The van der Waals surface area contributed by atoms with Gasteiger partial charge in [-0.1, -0.05) is 30.3 Å². The summed E-state index contributed by atoms with van der Waals surface area (Å²) >= 11 is 0. The molecular formula is C17H16N4O3. The van der Waals surface area contributed by atoms with Crippen LogP contribution in [0.4, 0.5) is 0 Å². The molecule has 0 bridgehead atoms. The zero-order valence-electron chi connectivity index (χ0n) is 13.1. The van der Waals surface area contributed by atoms with Gasteiger partial charge in [-0.15, -0.1) is 0 Å². The van der Waals surface area contributed by atoms with E-state index in [2.05, 4.69) is 15.0 Å². The number of carbonyl (C=O) groups is 1. The lowest BCUT2D eigenvalue weighted by Crippen LogP contribution is -2.09. The number of benzene rings is 1. The van der Waals surface area contributed by atoms with Crippen molar-refractivity contribution in [3.63, 3.8) is 0 Å². The summed E-state index contributed by atoms with van der Waals surface area (Å²) in [5, 5.41) is 9.14. The third kappa shape index (κ3) is 3.31. The first kappa shape index (κ1) is 15.8. The smallest absolute Gasteiger partial charge is 0.323 e. The zero-order valence-corrected chi connectivity index (χ0v) is 13.1. The number of hydrogen-bond donors (Lipinski definition) is 1. The highest BCUT2D eigenvalue weighted by molar-refractivity contribution is 5.79. The van der Waals surface area contributed by atoms with E-state index in [-0.39, 0.29) is 6.54 Å². The topological polar surface area (TPSA) is 90.1 Å². The molecule has 0 amide bonds. The quantitative estimate of drug-likeness (QED) is 0.748. The summed E-state index contributed by atoms with van der Waals surface area (Å²) in [5.74, 6) is -0.378. The van der Waals surface area contributed by atoms with Crippen molar-refractivity contribution in [3.05, 3.63) is 54.9 Å². The molecule has 0 aliphatic rings. The van der Waals surface area contributed by atoms with Crippen LogP contribution in [-0.4, -0.2) is 37.7 Å². The van der Waals surface area contributed by atoms with Crippen molar-refractivity contribution in [2.45, 2.75) is 13.2 Å². The number of hydrogen-bond acceptors (Lipinski definition) is 5. The molecule has 0 spiro atoms. The first-order valence-corrected chi connectivity index (χ1v) is 7.31. The molecule has 24 heavy (non-hydrogen) atoms. The molecule has 0 radical (unpaired) electrons. The first-order valence-electron chi connectivity index (χ1n) is 7.31. The van der Waals surface area contributed by atoms with Gasteiger partial charge in [-0.2, -0.15) is 0 Å². The summed E-state index contributed by atoms with van der Waals surface area (Å²) in [4.78, 5) is 24.0. The minimum absolute atomic E-state index is 0.186. The van der Waals surface area contributed by atoms with Crippen LogP contribution in [-0.2, 0) is 22.7 Å². The molecule has 122 valence electrons. The number of carboxylic acid groups (broad SMARTS) is 1. The third-order valence-electron chi connectivity index (χ3n) is 3.44. The van der Waals surface area contributed by atoms with E-state index in [0.717, 1.165) is 5.56 Å². The van der Waals surface area contributed by atoms with Gasteiger partial charge in [0.05, 0.1) is 17.7 Å². The average Bonchev–Trinajstić information content (AvgIpc) is 2.99. The number of rotatable bonds is 6. The molecule has 0 saturated heterocycles. The van der Waals surface area contributed by atoms with E-state index in [4.69, 9.17) is 9.84 Å². The lowest BCUT2D eigenvalue weighted by atomic mass is 10.1. The van der Waals surface area contributed by atoms with Gasteiger partial charge in [0.25, 0.3) is 0 Å². The average molecular weight is 324 g/mol. The van der Waals surface area contributed by atoms with Crippen LogP contribution in [0.3, 0.4) is 0 Å². The van der Waals surface area contributed by atoms with Gasteiger partial charge >= 0.3 is 5.97 Å². The Balaban J connectivity index is 2.09. The van der Waals surface area contributed by atoms with Crippen LogP contribution in [0.2, 0.25) is 0 Å². The third-order valence-corrected chi connectivity index (χ3v) is 3.44. The highest BCUT2D eigenvalue weighted by Crippen LogP contribution is 2.30. The largest absolute Gasteiger partial charge is 0.480 e.